The van der Waals surface area contributed by atoms with Gasteiger partial charge in [0.05, 0.1) is 4.92 Å². The molecule has 0 saturated heterocycles. The summed E-state index contributed by atoms with van der Waals surface area (Å²) in [6.45, 7) is 0.655. The number of nitrogens with zero attached hydrogens (tertiary/aromatic N) is 1. The van der Waals surface area contributed by atoms with Crippen molar-refractivity contribution in [1.82, 2.24) is 0 Å². The third kappa shape index (κ3) is 3.77. The molecule has 6 heteroatoms. The van der Waals surface area contributed by atoms with Crippen LogP contribution < -0.4 is 5.32 Å². The molecule has 0 atom stereocenters. The van der Waals surface area contributed by atoms with Crippen molar-refractivity contribution in [3.05, 3.63) is 68.4 Å². The Morgan fingerprint density at radius 2 is 1.90 bits per heavy atom. The van der Waals surface area contributed by atoms with Gasteiger partial charge in [-0.05, 0) is 46.1 Å². The third-order valence-corrected chi connectivity index (χ3v) is 3.46. The van der Waals surface area contributed by atoms with Crippen molar-refractivity contribution in [3.63, 3.8) is 0 Å². The van der Waals surface area contributed by atoms with Crippen molar-refractivity contribution in [1.29, 1.82) is 0 Å². The number of rotatable bonds is 5. The van der Waals surface area contributed by atoms with Crippen molar-refractivity contribution < 1.29 is 9.31 Å². The number of anilines is 1. The van der Waals surface area contributed by atoms with E-state index in [1.165, 1.54) is 24.3 Å². The maximum atomic E-state index is 12.8. The van der Waals surface area contributed by atoms with E-state index in [2.05, 4.69) is 21.2 Å². The lowest BCUT2D eigenvalue weighted by atomic mass is 10.1. The maximum absolute atomic E-state index is 12.8. The van der Waals surface area contributed by atoms with Crippen LogP contribution in [0.2, 0.25) is 0 Å². The van der Waals surface area contributed by atoms with Gasteiger partial charge in [0.25, 0.3) is 5.69 Å². The number of hydrogen-bond donors (Lipinski definition) is 1. The van der Waals surface area contributed by atoms with Gasteiger partial charge >= 0.3 is 0 Å². The van der Waals surface area contributed by atoms with Crippen molar-refractivity contribution >= 4 is 27.3 Å². The lowest BCUT2D eigenvalue weighted by Crippen LogP contribution is -2.05. The highest BCUT2D eigenvalue weighted by atomic mass is 79.9. The van der Waals surface area contributed by atoms with Crippen LogP contribution in [0.1, 0.15) is 5.56 Å². The van der Waals surface area contributed by atoms with Gasteiger partial charge in [0.2, 0.25) is 0 Å². The average Bonchev–Trinajstić information content (AvgIpc) is 2.42. The lowest BCUT2D eigenvalue weighted by molar-refractivity contribution is -0.384. The Morgan fingerprint density at radius 3 is 2.50 bits per heavy atom. The Labute approximate surface area is 123 Å². The van der Waals surface area contributed by atoms with Crippen LogP contribution in [0, 0.1) is 15.9 Å². The molecule has 0 heterocycles. The topological polar surface area (TPSA) is 55.2 Å². The highest BCUT2D eigenvalue weighted by Crippen LogP contribution is 2.26. The predicted molar refractivity (Wildman–Crippen MR) is 79.4 cm³/mol. The van der Waals surface area contributed by atoms with Crippen LogP contribution in [0.5, 0.6) is 0 Å². The highest BCUT2D eigenvalue weighted by molar-refractivity contribution is 9.10. The van der Waals surface area contributed by atoms with Crippen LogP contribution in [0.25, 0.3) is 0 Å². The van der Waals surface area contributed by atoms with E-state index < -0.39 is 4.92 Å². The van der Waals surface area contributed by atoms with Gasteiger partial charge in [-0.3, -0.25) is 10.1 Å². The number of nitrogens with one attached hydrogen (secondary N) is 1. The zero-order chi connectivity index (χ0) is 14.5. The van der Waals surface area contributed by atoms with Gasteiger partial charge in [0.1, 0.15) is 5.82 Å². The predicted octanol–water partition coefficient (Wildman–Crippen LogP) is 4.15. The van der Waals surface area contributed by atoms with Gasteiger partial charge in [0, 0.05) is 28.8 Å². The molecule has 0 bridgehead atoms. The maximum Gasteiger partial charge on any atom is 0.270 e. The monoisotopic (exact) mass is 338 g/mol. The van der Waals surface area contributed by atoms with Gasteiger partial charge in [0.15, 0.2) is 0 Å². The zero-order valence-electron chi connectivity index (χ0n) is 10.5. The molecule has 104 valence electrons. The SMILES string of the molecule is O=[N+]([O-])c1ccc(NCCc2ccc(F)cc2)c(Br)c1. The van der Waals surface area contributed by atoms with Crippen LogP contribution in [0.4, 0.5) is 15.8 Å². The first-order chi connectivity index (χ1) is 9.56. The van der Waals surface area contributed by atoms with E-state index in [1.807, 2.05) is 0 Å². The molecule has 0 aliphatic heterocycles. The number of benzene rings is 2. The standard InChI is InChI=1S/C14H12BrFN2O2/c15-13-9-12(18(19)20)5-6-14(13)17-8-7-10-1-3-11(16)4-2-10/h1-6,9,17H,7-8H2. The van der Waals surface area contributed by atoms with Gasteiger partial charge < -0.3 is 5.32 Å². The molecule has 0 spiro atoms. The average molecular weight is 339 g/mol. The molecule has 1 N–H and O–H groups in total. The fourth-order valence-corrected chi connectivity index (χ4v) is 2.26. The third-order valence-electron chi connectivity index (χ3n) is 2.81. The number of non-ortho nitro benzene ring substituents is 1. The van der Waals surface area contributed by atoms with Gasteiger partial charge in [-0.15, -0.1) is 0 Å². The van der Waals surface area contributed by atoms with Crippen LogP contribution in [0.3, 0.4) is 0 Å². The van der Waals surface area contributed by atoms with Crippen LogP contribution in [-0.4, -0.2) is 11.5 Å². The Balaban J connectivity index is 1.94. The molecule has 0 aromatic heterocycles. The van der Waals surface area contributed by atoms with E-state index in [1.54, 1.807) is 18.2 Å². The Morgan fingerprint density at radius 1 is 1.20 bits per heavy atom. The summed E-state index contributed by atoms with van der Waals surface area (Å²) < 4.78 is 13.4. The molecule has 20 heavy (non-hydrogen) atoms. The summed E-state index contributed by atoms with van der Waals surface area (Å²) in [7, 11) is 0. The van der Waals surface area contributed by atoms with E-state index in [4.69, 9.17) is 0 Å². The quantitative estimate of drug-likeness (QED) is 0.658. The molecular weight excluding hydrogens is 327 g/mol. The zero-order valence-corrected chi connectivity index (χ0v) is 12.1. The fourth-order valence-electron chi connectivity index (χ4n) is 1.75. The number of halogens is 2. The van der Waals surface area contributed by atoms with Crippen molar-refractivity contribution in [2.75, 3.05) is 11.9 Å². The van der Waals surface area contributed by atoms with Crippen molar-refractivity contribution in [3.8, 4) is 0 Å². The molecule has 4 nitrogen and oxygen atoms in total. The van der Waals surface area contributed by atoms with Gasteiger partial charge in [-0.2, -0.15) is 0 Å². The molecule has 2 aromatic carbocycles. The summed E-state index contributed by atoms with van der Waals surface area (Å²) in [5, 5.41) is 13.8. The Hall–Kier alpha value is -1.95. The van der Waals surface area contributed by atoms with Crippen LogP contribution in [-0.2, 0) is 6.42 Å². The molecule has 0 aliphatic rings. The molecular formula is C14H12BrFN2O2. The minimum Gasteiger partial charge on any atom is -0.384 e. The summed E-state index contributed by atoms with van der Waals surface area (Å²) in [5.41, 5.74) is 1.86. The summed E-state index contributed by atoms with van der Waals surface area (Å²) in [5.74, 6) is -0.250. The minimum absolute atomic E-state index is 0.0426. The Bertz CT molecular complexity index is 617. The van der Waals surface area contributed by atoms with E-state index in [0.29, 0.717) is 11.0 Å². The fraction of sp³-hybridized carbons (Fsp3) is 0.143. The lowest BCUT2D eigenvalue weighted by Gasteiger charge is -2.08. The second-order valence-corrected chi connectivity index (χ2v) is 5.08. The first-order valence-electron chi connectivity index (χ1n) is 5.98. The first kappa shape index (κ1) is 14.5. The molecule has 0 amide bonds. The molecule has 0 saturated carbocycles. The normalized spacial score (nSPS) is 10.3. The molecule has 0 aliphatic carbocycles. The molecule has 2 aromatic rings. The number of nitro benzene ring substituents is 1. The van der Waals surface area contributed by atoms with E-state index >= 15 is 0 Å². The highest BCUT2D eigenvalue weighted by Gasteiger charge is 2.08. The van der Waals surface area contributed by atoms with Gasteiger partial charge in [-0.1, -0.05) is 12.1 Å². The smallest absolute Gasteiger partial charge is 0.270 e. The molecule has 0 radical (unpaired) electrons. The summed E-state index contributed by atoms with van der Waals surface area (Å²) in [4.78, 5) is 10.2. The largest absolute Gasteiger partial charge is 0.384 e. The number of hydrogen-bond acceptors (Lipinski definition) is 3. The molecule has 0 fully saturated rings. The van der Waals surface area contributed by atoms with E-state index in [9.17, 15) is 14.5 Å². The first-order valence-corrected chi connectivity index (χ1v) is 6.78. The minimum atomic E-state index is -0.437. The van der Waals surface area contributed by atoms with Crippen molar-refractivity contribution in [2.24, 2.45) is 0 Å². The number of nitro groups is 1. The van der Waals surface area contributed by atoms with Crippen LogP contribution in [0.15, 0.2) is 46.9 Å². The second-order valence-electron chi connectivity index (χ2n) is 4.22. The summed E-state index contributed by atoms with van der Waals surface area (Å²) >= 11 is 3.29. The summed E-state index contributed by atoms with van der Waals surface area (Å²) in [6.07, 6.45) is 0.740. The van der Waals surface area contributed by atoms with Gasteiger partial charge in [-0.25, -0.2) is 4.39 Å². The molecule has 0 unspecified atom stereocenters. The van der Waals surface area contributed by atoms with E-state index in [-0.39, 0.29) is 11.5 Å². The summed E-state index contributed by atoms with van der Waals surface area (Å²) in [6, 6.07) is 10.9. The Kier molecular flexibility index (Phi) is 4.68. The van der Waals surface area contributed by atoms with Crippen molar-refractivity contribution in [2.45, 2.75) is 6.42 Å². The van der Waals surface area contributed by atoms with Crippen LogP contribution >= 0.6 is 15.9 Å². The second kappa shape index (κ2) is 6.47. The molecule has 2 rings (SSSR count). The van der Waals surface area contributed by atoms with E-state index in [0.717, 1.165) is 17.7 Å².